The van der Waals surface area contributed by atoms with Crippen LogP contribution in [0, 0.1) is 5.82 Å². The highest BCUT2D eigenvalue weighted by Gasteiger charge is 2.12. The van der Waals surface area contributed by atoms with Crippen molar-refractivity contribution in [3.8, 4) is 28.6 Å². The maximum Gasteiger partial charge on any atom is 0.262 e. The third-order valence-electron chi connectivity index (χ3n) is 4.09. The molecule has 8 heteroatoms. The number of ether oxygens (including phenoxy) is 1. The van der Waals surface area contributed by atoms with E-state index in [2.05, 4.69) is 15.5 Å². The van der Waals surface area contributed by atoms with Gasteiger partial charge in [-0.3, -0.25) is 4.79 Å². The number of rotatable bonds is 6. The van der Waals surface area contributed by atoms with Crippen LogP contribution in [-0.4, -0.2) is 22.7 Å². The van der Waals surface area contributed by atoms with Gasteiger partial charge in [0, 0.05) is 21.8 Å². The number of hydrogen-bond donors (Lipinski definition) is 1. The quantitative estimate of drug-likeness (QED) is 0.460. The van der Waals surface area contributed by atoms with Crippen molar-refractivity contribution in [2.24, 2.45) is 0 Å². The Hall–Kier alpha value is -3.71. The molecule has 4 aromatic rings. The summed E-state index contributed by atoms with van der Waals surface area (Å²) in [6.07, 6.45) is 0. The van der Waals surface area contributed by atoms with E-state index in [0.29, 0.717) is 33.4 Å². The molecule has 0 unspecified atom stereocenters. The summed E-state index contributed by atoms with van der Waals surface area (Å²) in [4.78, 5) is 16.4. The first-order valence-corrected chi connectivity index (χ1v) is 9.33. The zero-order valence-corrected chi connectivity index (χ0v) is 16.3. The lowest BCUT2D eigenvalue weighted by atomic mass is 10.2. The molecule has 0 saturated carbocycles. The number of halogens is 2. The number of carbonyl (C=O) groups is 1. The molecule has 0 aliphatic carbocycles. The van der Waals surface area contributed by atoms with Crippen LogP contribution in [0.1, 0.15) is 0 Å². The number of hydrogen-bond acceptors (Lipinski definition) is 5. The Balaban J connectivity index is 1.41. The second-order valence-corrected chi connectivity index (χ2v) is 6.74. The fourth-order valence-corrected chi connectivity index (χ4v) is 2.88. The number of benzene rings is 3. The lowest BCUT2D eigenvalue weighted by Crippen LogP contribution is -2.20. The van der Waals surface area contributed by atoms with Crippen LogP contribution in [0.2, 0.25) is 5.02 Å². The van der Waals surface area contributed by atoms with Gasteiger partial charge in [-0.25, -0.2) is 4.39 Å². The van der Waals surface area contributed by atoms with Gasteiger partial charge in [0.1, 0.15) is 11.6 Å². The predicted molar refractivity (Wildman–Crippen MR) is 111 cm³/mol. The second-order valence-electron chi connectivity index (χ2n) is 6.31. The maximum absolute atomic E-state index is 13.1. The monoisotopic (exact) mass is 423 g/mol. The minimum atomic E-state index is -0.345. The fourth-order valence-electron chi connectivity index (χ4n) is 2.69. The highest BCUT2D eigenvalue weighted by Crippen LogP contribution is 2.25. The highest BCUT2D eigenvalue weighted by molar-refractivity contribution is 6.30. The Morgan fingerprint density at radius 2 is 1.83 bits per heavy atom. The van der Waals surface area contributed by atoms with Gasteiger partial charge in [-0.05, 0) is 54.6 Å². The summed E-state index contributed by atoms with van der Waals surface area (Å²) in [7, 11) is 0. The SMILES string of the molecule is O=C(COc1cccc(-c2noc(-c3ccc(F)cc3)n2)c1)Nc1cccc(Cl)c1. The van der Waals surface area contributed by atoms with Crippen molar-refractivity contribution in [2.45, 2.75) is 0 Å². The highest BCUT2D eigenvalue weighted by atomic mass is 35.5. The van der Waals surface area contributed by atoms with E-state index in [1.165, 1.54) is 12.1 Å². The van der Waals surface area contributed by atoms with Crippen LogP contribution >= 0.6 is 11.6 Å². The zero-order valence-electron chi connectivity index (χ0n) is 15.5. The van der Waals surface area contributed by atoms with Crippen LogP contribution in [0.25, 0.3) is 22.8 Å². The molecule has 1 amide bonds. The maximum atomic E-state index is 13.1. The average Bonchev–Trinajstić information content (AvgIpc) is 3.23. The zero-order chi connectivity index (χ0) is 20.9. The number of nitrogens with one attached hydrogen (secondary N) is 1. The number of aromatic nitrogens is 2. The van der Waals surface area contributed by atoms with Gasteiger partial charge >= 0.3 is 0 Å². The Morgan fingerprint density at radius 1 is 1.03 bits per heavy atom. The summed E-state index contributed by atoms with van der Waals surface area (Å²) in [6, 6.07) is 19.6. The summed E-state index contributed by atoms with van der Waals surface area (Å²) < 4.78 is 23.9. The number of anilines is 1. The second kappa shape index (κ2) is 8.75. The molecule has 150 valence electrons. The first-order chi connectivity index (χ1) is 14.6. The van der Waals surface area contributed by atoms with Gasteiger partial charge in [0.25, 0.3) is 11.8 Å². The third kappa shape index (κ3) is 4.82. The number of amides is 1. The van der Waals surface area contributed by atoms with Crippen LogP contribution in [0.4, 0.5) is 10.1 Å². The molecule has 0 bridgehead atoms. The van der Waals surface area contributed by atoms with Gasteiger partial charge < -0.3 is 14.6 Å². The lowest BCUT2D eigenvalue weighted by Gasteiger charge is -2.08. The summed E-state index contributed by atoms with van der Waals surface area (Å²) in [5, 5.41) is 7.20. The van der Waals surface area contributed by atoms with Gasteiger partial charge in [-0.15, -0.1) is 0 Å². The third-order valence-corrected chi connectivity index (χ3v) is 4.32. The van der Waals surface area contributed by atoms with E-state index in [0.717, 1.165) is 0 Å². The number of nitrogens with zero attached hydrogens (tertiary/aromatic N) is 2. The molecule has 0 aliphatic rings. The molecule has 3 aromatic carbocycles. The van der Waals surface area contributed by atoms with Crippen molar-refractivity contribution in [3.05, 3.63) is 83.6 Å². The van der Waals surface area contributed by atoms with E-state index in [9.17, 15) is 9.18 Å². The Morgan fingerprint density at radius 3 is 2.63 bits per heavy atom. The van der Waals surface area contributed by atoms with Gasteiger partial charge in [0.05, 0.1) is 0 Å². The summed E-state index contributed by atoms with van der Waals surface area (Å²) in [5.41, 5.74) is 1.85. The van der Waals surface area contributed by atoms with Gasteiger partial charge in [-0.2, -0.15) is 4.98 Å². The Bertz CT molecular complexity index is 1180. The summed E-state index contributed by atoms with van der Waals surface area (Å²) >= 11 is 5.91. The van der Waals surface area contributed by atoms with Crippen molar-refractivity contribution < 1.29 is 18.4 Å². The molecule has 4 rings (SSSR count). The lowest BCUT2D eigenvalue weighted by molar-refractivity contribution is -0.118. The molecule has 1 aromatic heterocycles. The smallest absolute Gasteiger partial charge is 0.262 e. The van der Waals surface area contributed by atoms with E-state index < -0.39 is 0 Å². The molecular weight excluding hydrogens is 409 g/mol. The minimum Gasteiger partial charge on any atom is -0.484 e. The van der Waals surface area contributed by atoms with E-state index in [-0.39, 0.29) is 24.2 Å². The van der Waals surface area contributed by atoms with Crippen molar-refractivity contribution in [1.82, 2.24) is 10.1 Å². The molecule has 1 N–H and O–H groups in total. The molecule has 0 saturated heterocycles. The Kier molecular flexibility index (Phi) is 5.72. The molecule has 0 spiro atoms. The molecule has 0 fully saturated rings. The van der Waals surface area contributed by atoms with Crippen LogP contribution in [0.3, 0.4) is 0 Å². The van der Waals surface area contributed by atoms with Crippen LogP contribution < -0.4 is 10.1 Å². The summed E-state index contributed by atoms with van der Waals surface area (Å²) in [6.45, 7) is -0.178. The van der Waals surface area contributed by atoms with E-state index in [4.69, 9.17) is 20.9 Å². The molecule has 0 radical (unpaired) electrons. The van der Waals surface area contributed by atoms with Crippen molar-refractivity contribution in [3.63, 3.8) is 0 Å². The van der Waals surface area contributed by atoms with Gasteiger partial charge in [0.15, 0.2) is 6.61 Å². The molecule has 0 aliphatic heterocycles. The minimum absolute atomic E-state index is 0.178. The van der Waals surface area contributed by atoms with Gasteiger partial charge in [0.2, 0.25) is 5.82 Å². The normalized spacial score (nSPS) is 10.6. The molecule has 6 nitrogen and oxygen atoms in total. The van der Waals surface area contributed by atoms with Crippen molar-refractivity contribution in [1.29, 1.82) is 0 Å². The standard InChI is InChI=1S/C22H15ClFN3O3/c23-16-4-2-5-18(12-16)25-20(28)13-29-19-6-1-3-15(11-19)21-26-22(30-27-21)14-7-9-17(24)10-8-14/h1-12H,13H2,(H,25,28). The van der Waals surface area contributed by atoms with Crippen LogP contribution in [0.15, 0.2) is 77.3 Å². The fraction of sp³-hybridized carbons (Fsp3) is 0.0455. The van der Waals surface area contributed by atoms with E-state index >= 15 is 0 Å². The first kappa shape index (κ1) is 19.6. The van der Waals surface area contributed by atoms with Crippen molar-refractivity contribution >= 4 is 23.2 Å². The molecular formula is C22H15ClFN3O3. The molecule has 0 atom stereocenters. The van der Waals surface area contributed by atoms with Crippen LogP contribution in [-0.2, 0) is 4.79 Å². The predicted octanol–water partition coefficient (Wildman–Crippen LogP) is 5.21. The topological polar surface area (TPSA) is 77.2 Å². The van der Waals surface area contributed by atoms with Gasteiger partial charge in [-0.1, -0.05) is 35.0 Å². The van der Waals surface area contributed by atoms with Crippen molar-refractivity contribution in [2.75, 3.05) is 11.9 Å². The molecule has 30 heavy (non-hydrogen) atoms. The number of carbonyl (C=O) groups excluding carboxylic acids is 1. The largest absolute Gasteiger partial charge is 0.484 e. The Labute approximate surface area is 176 Å². The van der Waals surface area contributed by atoms with E-state index in [1.54, 1.807) is 60.7 Å². The average molecular weight is 424 g/mol. The first-order valence-electron chi connectivity index (χ1n) is 8.95. The molecule has 1 heterocycles. The summed E-state index contributed by atoms with van der Waals surface area (Å²) in [5.74, 6) is 0.436. The van der Waals surface area contributed by atoms with E-state index in [1.807, 2.05) is 0 Å². The van der Waals surface area contributed by atoms with Crippen LogP contribution in [0.5, 0.6) is 5.75 Å².